The van der Waals surface area contributed by atoms with Crippen LogP contribution in [0.1, 0.15) is 12.5 Å². The molecule has 0 bridgehead atoms. The number of benzene rings is 1. The highest BCUT2D eigenvalue weighted by Gasteiger charge is 2.25. The van der Waals surface area contributed by atoms with Crippen molar-refractivity contribution < 1.29 is 14.2 Å². The summed E-state index contributed by atoms with van der Waals surface area (Å²) in [4.78, 5) is 0. The van der Waals surface area contributed by atoms with E-state index in [0.717, 1.165) is 5.56 Å². The van der Waals surface area contributed by atoms with Gasteiger partial charge < -0.3 is 15.2 Å². The first-order valence-electron chi connectivity index (χ1n) is 5.34. The van der Waals surface area contributed by atoms with Gasteiger partial charge in [0.25, 0.3) is 0 Å². The van der Waals surface area contributed by atoms with Gasteiger partial charge in [-0.3, -0.25) is 0 Å². The Labute approximate surface area is 106 Å². The lowest BCUT2D eigenvalue weighted by Crippen LogP contribution is -2.44. The standard InChI is InChI=1S/C12H17ClFNO2/c1-12(8-16,15-5-6-17-2)9-3-4-11(14)10(13)7-9/h3-4,7,15-16H,5-6,8H2,1-2H3. The topological polar surface area (TPSA) is 41.5 Å². The Balaban J connectivity index is 2.87. The van der Waals surface area contributed by atoms with Crippen LogP contribution in [0.15, 0.2) is 18.2 Å². The summed E-state index contributed by atoms with van der Waals surface area (Å²) >= 11 is 5.73. The van der Waals surface area contributed by atoms with Crippen LogP contribution in [0.2, 0.25) is 5.02 Å². The molecule has 0 saturated carbocycles. The van der Waals surface area contributed by atoms with E-state index in [1.165, 1.54) is 12.1 Å². The Morgan fingerprint density at radius 2 is 2.24 bits per heavy atom. The van der Waals surface area contributed by atoms with Crippen LogP contribution in [0.4, 0.5) is 4.39 Å². The molecular formula is C12H17ClFNO2. The number of ether oxygens (including phenoxy) is 1. The fraction of sp³-hybridized carbons (Fsp3) is 0.500. The van der Waals surface area contributed by atoms with Crippen molar-refractivity contribution in [3.8, 4) is 0 Å². The normalized spacial score (nSPS) is 14.6. The van der Waals surface area contributed by atoms with Gasteiger partial charge in [-0.2, -0.15) is 0 Å². The molecule has 0 aliphatic carbocycles. The zero-order valence-electron chi connectivity index (χ0n) is 9.96. The minimum Gasteiger partial charge on any atom is -0.394 e. The zero-order chi connectivity index (χ0) is 12.9. The second-order valence-electron chi connectivity index (χ2n) is 4.04. The fourth-order valence-electron chi connectivity index (χ4n) is 1.52. The number of aliphatic hydroxyl groups is 1. The SMILES string of the molecule is COCCNC(C)(CO)c1ccc(F)c(Cl)c1. The van der Waals surface area contributed by atoms with E-state index in [-0.39, 0.29) is 11.6 Å². The van der Waals surface area contributed by atoms with Crippen LogP contribution in [0.3, 0.4) is 0 Å². The van der Waals surface area contributed by atoms with Gasteiger partial charge in [-0.15, -0.1) is 0 Å². The molecule has 0 spiro atoms. The maximum atomic E-state index is 13.1. The minimum atomic E-state index is -0.657. The summed E-state index contributed by atoms with van der Waals surface area (Å²) < 4.78 is 18.0. The average Bonchev–Trinajstić information content (AvgIpc) is 2.32. The van der Waals surface area contributed by atoms with Gasteiger partial charge in [-0.1, -0.05) is 17.7 Å². The summed E-state index contributed by atoms with van der Waals surface area (Å²) in [7, 11) is 1.60. The monoisotopic (exact) mass is 261 g/mol. The summed E-state index contributed by atoms with van der Waals surface area (Å²) in [5, 5.41) is 12.7. The number of hydrogen-bond acceptors (Lipinski definition) is 3. The fourth-order valence-corrected chi connectivity index (χ4v) is 1.70. The predicted octanol–water partition coefficient (Wildman–Crippen LogP) is 1.92. The van der Waals surface area contributed by atoms with E-state index in [2.05, 4.69) is 5.32 Å². The van der Waals surface area contributed by atoms with Crippen molar-refractivity contribution in [3.05, 3.63) is 34.6 Å². The number of aliphatic hydroxyl groups excluding tert-OH is 1. The Morgan fingerprint density at radius 1 is 1.53 bits per heavy atom. The van der Waals surface area contributed by atoms with E-state index >= 15 is 0 Å². The predicted molar refractivity (Wildman–Crippen MR) is 65.7 cm³/mol. The largest absolute Gasteiger partial charge is 0.394 e. The van der Waals surface area contributed by atoms with Crippen molar-refractivity contribution in [2.75, 3.05) is 26.9 Å². The van der Waals surface area contributed by atoms with Crippen molar-refractivity contribution in [3.63, 3.8) is 0 Å². The first-order valence-corrected chi connectivity index (χ1v) is 5.71. The lowest BCUT2D eigenvalue weighted by Gasteiger charge is -2.29. The number of nitrogens with one attached hydrogen (secondary N) is 1. The molecule has 0 heterocycles. The quantitative estimate of drug-likeness (QED) is 0.769. The van der Waals surface area contributed by atoms with Gasteiger partial charge in [0, 0.05) is 13.7 Å². The molecule has 1 aromatic rings. The summed E-state index contributed by atoms with van der Waals surface area (Å²) in [6.07, 6.45) is 0. The highest BCUT2D eigenvalue weighted by molar-refractivity contribution is 6.30. The van der Waals surface area contributed by atoms with Crippen molar-refractivity contribution in [2.24, 2.45) is 0 Å². The first-order chi connectivity index (χ1) is 8.03. The number of rotatable bonds is 6. The van der Waals surface area contributed by atoms with E-state index in [4.69, 9.17) is 16.3 Å². The Kier molecular flexibility index (Phi) is 5.33. The maximum Gasteiger partial charge on any atom is 0.141 e. The summed E-state index contributed by atoms with van der Waals surface area (Å²) in [6, 6.07) is 4.42. The van der Waals surface area contributed by atoms with Crippen molar-refractivity contribution >= 4 is 11.6 Å². The highest BCUT2D eigenvalue weighted by atomic mass is 35.5. The van der Waals surface area contributed by atoms with E-state index in [9.17, 15) is 9.50 Å². The number of halogens is 2. The molecular weight excluding hydrogens is 245 g/mol. The van der Waals surface area contributed by atoms with Crippen molar-refractivity contribution in [2.45, 2.75) is 12.5 Å². The lowest BCUT2D eigenvalue weighted by molar-refractivity contribution is 0.148. The van der Waals surface area contributed by atoms with E-state index in [0.29, 0.717) is 13.2 Å². The molecule has 0 fully saturated rings. The Morgan fingerprint density at radius 3 is 2.76 bits per heavy atom. The van der Waals surface area contributed by atoms with Gasteiger partial charge >= 0.3 is 0 Å². The second kappa shape index (κ2) is 6.31. The molecule has 2 N–H and O–H groups in total. The molecule has 3 nitrogen and oxygen atoms in total. The van der Waals surface area contributed by atoms with Gasteiger partial charge in [-0.05, 0) is 24.6 Å². The van der Waals surface area contributed by atoms with Gasteiger partial charge in [0.1, 0.15) is 5.82 Å². The molecule has 1 atom stereocenters. The third-order valence-corrected chi connectivity index (χ3v) is 2.98. The molecule has 0 radical (unpaired) electrons. The Hall–Kier alpha value is -0.680. The molecule has 17 heavy (non-hydrogen) atoms. The maximum absolute atomic E-state index is 13.1. The van der Waals surface area contributed by atoms with Gasteiger partial charge in [0.05, 0.1) is 23.8 Å². The molecule has 0 saturated heterocycles. The molecule has 0 aliphatic rings. The highest BCUT2D eigenvalue weighted by Crippen LogP contribution is 2.25. The first kappa shape index (κ1) is 14.4. The molecule has 0 aliphatic heterocycles. The molecule has 96 valence electrons. The third-order valence-electron chi connectivity index (χ3n) is 2.69. The molecule has 1 aromatic carbocycles. The third kappa shape index (κ3) is 3.64. The molecule has 0 amide bonds. The van der Waals surface area contributed by atoms with E-state index < -0.39 is 11.4 Å². The van der Waals surface area contributed by atoms with Crippen LogP contribution in [0.25, 0.3) is 0 Å². The van der Waals surface area contributed by atoms with Crippen LogP contribution in [0.5, 0.6) is 0 Å². The van der Waals surface area contributed by atoms with E-state index in [1.807, 2.05) is 6.92 Å². The zero-order valence-corrected chi connectivity index (χ0v) is 10.7. The van der Waals surface area contributed by atoms with Crippen molar-refractivity contribution in [1.29, 1.82) is 0 Å². The summed E-state index contributed by atoms with van der Waals surface area (Å²) in [5.74, 6) is -0.465. The molecule has 0 aromatic heterocycles. The second-order valence-corrected chi connectivity index (χ2v) is 4.45. The van der Waals surface area contributed by atoms with Crippen molar-refractivity contribution in [1.82, 2.24) is 5.32 Å². The van der Waals surface area contributed by atoms with Crippen LogP contribution < -0.4 is 5.32 Å². The summed E-state index contributed by atoms with van der Waals surface area (Å²) in [5.41, 5.74) is 0.0816. The number of hydrogen-bond donors (Lipinski definition) is 2. The van der Waals surface area contributed by atoms with Gasteiger partial charge in [-0.25, -0.2) is 4.39 Å². The lowest BCUT2D eigenvalue weighted by atomic mass is 9.93. The van der Waals surface area contributed by atoms with Gasteiger partial charge in [0.15, 0.2) is 0 Å². The minimum absolute atomic E-state index is 0.0516. The smallest absolute Gasteiger partial charge is 0.141 e. The molecule has 1 rings (SSSR count). The van der Waals surface area contributed by atoms with Crippen LogP contribution in [-0.2, 0) is 10.3 Å². The van der Waals surface area contributed by atoms with Crippen LogP contribution in [-0.4, -0.2) is 32.0 Å². The molecule has 1 unspecified atom stereocenters. The average molecular weight is 262 g/mol. The summed E-state index contributed by atoms with van der Waals surface area (Å²) in [6.45, 7) is 2.83. The Bertz CT molecular complexity index is 376. The van der Waals surface area contributed by atoms with Gasteiger partial charge in [0.2, 0.25) is 0 Å². The van der Waals surface area contributed by atoms with Crippen LogP contribution in [0, 0.1) is 5.82 Å². The molecule has 5 heteroatoms. The van der Waals surface area contributed by atoms with E-state index in [1.54, 1.807) is 13.2 Å². The number of methoxy groups -OCH3 is 1. The van der Waals surface area contributed by atoms with Crippen LogP contribution >= 0.6 is 11.6 Å².